The van der Waals surface area contributed by atoms with E-state index in [-0.39, 0.29) is 41.8 Å². The molecule has 3 unspecified atom stereocenters. The molecule has 0 fully saturated rings. The summed E-state index contributed by atoms with van der Waals surface area (Å²) in [6, 6.07) is 0. The number of nitrogens with zero attached hydrogens (tertiary/aromatic N) is 1. The van der Waals surface area contributed by atoms with E-state index in [0.717, 1.165) is 0 Å². The summed E-state index contributed by atoms with van der Waals surface area (Å²) in [7, 11) is -14.9. The Hall–Kier alpha value is 1.64. The molecular formula is C3H9LuNO9P3. The van der Waals surface area contributed by atoms with Gasteiger partial charge in [0.15, 0.2) is 0 Å². The molecule has 0 amide bonds. The summed E-state index contributed by atoms with van der Waals surface area (Å²) in [4.78, 5) is 56.6. The standard InChI is InChI=1S/C3H12NO9P3.Lu/c5-14(6,7)1-4(2-15(8,9)10)3-16(11,12)13;/h1-3H2,(H2,5,6,7)(H2,8,9,10)(H2,11,12,13);/q;+3/p-3/i;1+2. The molecule has 17 heavy (non-hydrogen) atoms. The molecule has 0 heterocycles. The third kappa shape index (κ3) is 15.6. The van der Waals surface area contributed by atoms with Crippen LogP contribution in [0, 0.1) is 36.9 Å². The van der Waals surface area contributed by atoms with Gasteiger partial charge < -0.3 is 43.1 Å². The van der Waals surface area contributed by atoms with Crippen LogP contribution in [0.4, 0.5) is 0 Å². The largest absolute Gasteiger partial charge is 3.00 e. The second-order valence-electron chi connectivity index (χ2n) is 3.01. The first-order valence-electron chi connectivity index (χ1n) is 3.59. The Kier molecular flexibility index (Phi) is 9.16. The van der Waals surface area contributed by atoms with Gasteiger partial charge in [-0.2, -0.15) is 0 Å². The van der Waals surface area contributed by atoms with Gasteiger partial charge in [-0.15, -0.1) is 0 Å². The van der Waals surface area contributed by atoms with Crippen molar-refractivity contribution in [2.24, 2.45) is 0 Å². The van der Waals surface area contributed by atoms with Crippen LogP contribution in [0.2, 0.25) is 0 Å². The summed E-state index contributed by atoms with van der Waals surface area (Å²) in [5.74, 6) is 0. The zero-order chi connectivity index (χ0) is 13.2. The predicted molar refractivity (Wildman–Crippen MR) is 45.9 cm³/mol. The fourth-order valence-electron chi connectivity index (χ4n) is 0.892. The summed E-state index contributed by atoms with van der Waals surface area (Å²) in [5.41, 5.74) is 0. The van der Waals surface area contributed by atoms with E-state index in [1.165, 1.54) is 0 Å². The maximum Gasteiger partial charge on any atom is 3.00 e. The van der Waals surface area contributed by atoms with Gasteiger partial charge >= 0.3 is 36.9 Å². The minimum atomic E-state index is -4.96. The number of hydrogen-bond acceptors (Lipinski definition) is 7. The van der Waals surface area contributed by atoms with Crippen molar-refractivity contribution in [2.45, 2.75) is 0 Å². The molecule has 14 heteroatoms. The fourth-order valence-corrected chi connectivity index (χ4v) is 3.48. The fraction of sp³-hybridized carbons (Fsp3) is 1.00. The molecule has 0 spiro atoms. The Balaban J connectivity index is 0. The minimum absolute atomic E-state index is 0. The molecule has 0 aliphatic carbocycles. The Morgan fingerprint density at radius 2 is 0.941 bits per heavy atom. The average Bonchev–Trinajstić information content (AvgIpc) is 1.70. The number of rotatable bonds is 6. The second kappa shape index (κ2) is 7.43. The molecule has 0 bridgehead atoms. The quantitative estimate of drug-likeness (QED) is 0.332. The molecule has 0 aromatic carbocycles. The van der Waals surface area contributed by atoms with Crippen molar-refractivity contribution in [3.8, 4) is 0 Å². The first-order chi connectivity index (χ1) is 6.79. The third-order valence-electron chi connectivity index (χ3n) is 1.14. The molecule has 110 valence electrons. The van der Waals surface area contributed by atoms with Gasteiger partial charge in [0, 0.05) is 0 Å². The zero-order valence-electron chi connectivity index (χ0n) is 7.96. The van der Waals surface area contributed by atoms with Gasteiger partial charge in [0.05, 0.1) is 18.9 Å². The predicted octanol–water partition coefficient (Wildman–Crippen LogP) is -3.20. The molecule has 0 radical (unpaired) electrons. The Morgan fingerprint density at radius 1 is 0.765 bits per heavy atom. The van der Waals surface area contributed by atoms with Gasteiger partial charge in [-0.3, -0.25) is 4.90 Å². The molecule has 0 rings (SSSR count). The van der Waals surface area contributed by atoms with Crippen LogP contribution < -0.4 is 14.7 Å². The van der Waals surface area contributed by atoms with Crippen LogP contribution in [0.3, 0.4) is 0 Å². The Bertz CT molecular complexity index is 311. The van der Waals surface area contributed by atoms with Gasteiger partial charge in [-0.25, -0.2) is 0 Å². The Morgan fingerprint density at radius 3 is 1.06 bits per heavy atom. The van der Waals surface area contributed by atoms with Crippen LogP contribution in [0.25, 0.3) is 0 Å². The second-order valence-corrected chi connectivity index (χ2v) is 7.68. The van der Waals surface area contributed by atoms with Gasteiger partial charge in [0.1, 0.15) is 22.8 Å². The molecule has 0 aliphatic heterocycles. The van der Waals surface area contributed by atoms with Crippen molar-refractivity contribution in [3.63, 3.8) is 0 Å². The SMILES string of the molecule is O=P([O-])(O)CN(CP(=O)([O-])O)CP(=O)([O-])O.[177Lu+3]. The van der Waals surface area contributed by atoms with Gasteiger partial charge in [0.25, 0.3) is 0 Å². The summed E-state index contributed by atoms with van der Waals surface area (Å²) in [6.45, 7) is 0. The van der Waals surface area contributed by atoms with E-state index in [4.69, 9.17) is 14.7 Å². The molecule has 3 N–H and O–H groups in total. The molecule has 0 saturated heterocycles. The van der Waals surface area contributed by atoms with E-state index in [2.05, 4.69) is 0 Å². The third-order valence-corrected chi connectivity index (χ3v) is 3.41. The summed E-state index contributed by atoms with van der Waals surface area (Å²) < 4.78 is 31.2. The van der Waals surface area contributed by atoms with Crippen LogP contribution in [0.5, 0.6) is 0 Å². The van der Waals surface area contributed by atoms with Crippen molar-refractivity contribution in [2.75, 3.05) is 18.9 Å². The van der Waals surface area contributed by atoms with Crippen molar-refractivity contribution >= 4 is 22.8 Å². The Labute approximate surface area is 126 Å². The molecule has 0 aromatic rings. The van der Waals surface area contributed by atoms with Gasteiger partial charge in [0.2, 0.25) is 0 Å². The summed E-state index contributed by atoms with van der Waals surface area (Å²) in [5, 5.41) is 0. The summed E-state index contributed by atoms with van der Waals surface area (Å²) in [6.07, 6.45) is -3.98. The molecule has 10 nitrogen and oxygen atoms in total. The van der Waals surface area contributed by atoms with Crippen molar-refractivity contribution < 1.29 is 79.9 Å². The van der Waals surface area contributed by atoms with E-state index >= 15 is 0 Å². The first kappa shape index (κ1) is 21.0. The molecular weight excluding hydrogens is 464 g/mol. The smallest absolute Gasteiger partial charge is 0.778 e. The van der Waals surface area contributed by atoms with E-state index in [9.17, 15) is 28.4 Å². The van der Waals surface area contributed by atoms with Crippen LogP contribution in [-0.4, -0.2) is 38.4 Å². The topological polar surface area (TPSA) is 184 Å². The van der Waals surface area contributed by atoms with Crippen molar-refractivity contribution in [3.05, 3.63) is 0 Å². The van der Waals surface area contributed by atoms with Crippen LogP contribution in [0.15, 0.2) is 0 Å². The maximum absolute atomic E-state index is 10.4. The van der Waals surface area contributed by atoms with Gasteiger partial charge in [-0.1, -0.05) is 0 Å². The number of hydrogen-bond donors (Lipinski definition) is 3. The van der Waals surface area contributed by atoms with Crippen LogP contribution in [-0.2, 0) is 13.7 Å². The maximum atomic E-state index is 10.4. The molecule has 0 saturated carbocycles. The average molecular weight is 473 g/mol. The normalized spacial score (nSPS) is 22.1. The minimum Gasteiger partial charge on any atom is -0.778 e. The van der Waals surface area contributed by atoms with E-state index in [1.807, 2.05) is 0 Å². The van der Waals surface area contributed by atoms with E-state index in [0.29, 0.717) is 0 Å². The van der Waals surface area contributed by atoms with Crippen LogP contribution in [0.1, 0.15) is 0 Å². The zero-order valence-corrected chi connectivity index (χ0v) is 12.3. The van der Waals surface area contributed by atoms with E-state index < -0.39 is 41.6 Å². The van der Waals surface area contributed by atoms with E-state index in [1.54, 1.807) is 0 Å². The van der Waals surface area contributed by atoms with Crippen molar-refractivity contribution in [1.82, 2.24) is 4.90 Å². The van der Waals surface area contributed by atoms with Crippen LogP contribution >= 0.6 is 22.8 Å². The molecule has 0 aromatic heterocycles. The molecule has 3 atom stereocenters. The van der Waals surface area contributed by atoms with Crippen molar-refractivity contribution in [1.29, 1.82) is 0 Å². The summed E-state index contributed by atoms with van der Waals surface area (Å²) >= 11 is 0. The van der Waals surface area contributed by atoms with Gasteiger partial charge in [-0.05, 0) is 0 Å². The first-order valence-corrected chi connectivity index (χ1v) is 8.88. The molecule has 0 aliphatic rings. The monoisotopic (exact) mass is 473 g/mol.